The predicted octanol–water partition coefficient (Wildman–Crippen LogP) is 4.17. The summed E-state index contributed by atoms with van der Waals surface area (Å²) in [6.45, 7) is 8.32. The lowest BCUT2D eigenvalue weighted by molar-refractivity contribution is -0.117. The Kier molecular flexibility index (Phi) is 9.06. The maximum atomic E-state index is 13.2. The Morgan fingerprint density at radius 2 is 2.17 bits per heavy atom. The first-order chi connectivity index (χ1) is 16.8. The minimum atomic E-state index is -0.444. The second kappa shape index (κ2) is 12.2. The molecule has 0 unspecified atom stereocenters. The molecule has 0 radical (unpaired) electrons. The van der Waals surface area contributed by atoms with Crippen molar-refractivity contribution >= 4 is 38.5 Å². The van der Waals surface area contributed by atoms with Crippen molar-refractivity contribution in [3.05, 3.63) is 87.2 Å². The molecule has 0 aliphatic rings. The zero-order valence-electron chi connectivity index (χ0n) is 19.6. The van der Waals surface area contributed by atoms with Crippen LogP contribution >= 0.6 is 15.9 Å². The molecule has 0 N–H and O–H groups in total. The number of allylic oxidation sites excluding steroid dienone is 4. The van der Waals surface area contributed by atoms with Crippen molar-refractivity contribution in [3.63, 3.8) is 0 Å². The van der Waals surface area contributed by atoms with E-state index in [0.717, 1.165) is 0 Å². The van der Waals surface area contributed by atoms with E-state index in [-0.39, 0.29) is 34.5 Å². The van der Waals surface area contributed by atoms with E-state index in [0.29, 0.717) is 35.3 Å². The monoisotopic (exact) mass is 535 g/mol. The Balaban J connectivity index is 2.20. The zero-order chi connectivity index (χ0) is 25.4. The second-order valence-corrected chi connectivity index (χ2v) is 8.94. The van der Waals surface area contributed by atoms with Crippen LogP contribution in [0.3, 0.4) is 0 Å². The number of carbonyl (C=O) groups is 1. The molecule has 0 spiro atoms. The maximum absolute atomic E-state index is 13.2. The van der Waals surface area contributed by atoms with Gasteiger partial charge in [0.25, 0.3) is 11.5 Å². The van der Waals surface area contributed by atoms with Crippen LogP contribution in [-0.2, 0) is 16.1 Å². The molecule has 35 heavy (non-hydrogen) atoms. The first-order valence-corrected chi connectivity index (χ1v) is 11.9. The van der Waals surface area contributed by atoms with Crippen molar-refractivity contribution in [3.8, 4) is 6.07 Å². The highest BCUT2D eigenvalue weighted by atomic mass is 79.9. The quantitative estimate of drug-likeness (QED) is 0.232. The molecule has 0 aliphatic carbocycles. The fourth-order valence-electron chi connectivity index (χ4n) is 3.43. The van der Waals surface area contributed by atoms with Gasteiger partial charge in [-0.2, -0.15) is 10.3 Å². The molecule has 0 saturated heterocycles. The van der Waals surface area contributed by atoms with Crippen LogP contribution in [-0.4, -0.2) is 32.6 Å². The average Bonchev–Trinajstić information content (AvgIpc) is 2.82. The third-order valence-electron chi connectivity index (χ3n) is 4.96. The van der Waals surface area contributed by atoms with Gasteiger partial charge in [0.15, 0.2) is 5.49 Å². The number of nitriles is 1. The summed E-state index contributed by atoms with van der Waals surface area (Å²) in [7, 11) is 0. The number of aromatic nitrogens is 3. The van der Waals surface area contributed by atoms with E-state index in [9.17, 15) is 14.9 Å². The lowest BCUT2D eigenvalue weighted by atomic mass is 10.2. The van der Waals surface area contributed by atoms with Gasteiger partial charge in [-0.3, -0.25) is 14.0 Å². The van der Waals surface area contributed by atoms with E-state index in [4.69, 9.17) is 4.74 Å². The molecular weight excluding hydrogens is 510 g/mol. The van der Waals surface area contributed by atoms with Crippen LogP contribution in [0.15, 0.2) is 75.6 Å². The number of fused-ring (bicyclic) bond motifs is 2. The summed E-state index contributed by atoms with van der Waals surface area (Å²) in [4.78, 5) is 34.9. The predicted molar refractivity (Wildman–Crippen MR) is 139 cm³/mol. The number of hydrogen-bond acceptors (Lipinski definition) is 5. The van der Waals surface area contributed by atoms with Crippen molar-refractivity contribution < 1.29 is 9.53 Å². The Morgan fingerprint density at radius 1 is 1.37 bits per heavy atom. The van der Waals surface area contributed by atoms with Gasteiger partial charge < -0.3 is 9.30 Å². The Bertz CT molecular complexity index is 1490. The van der Waals surface area contributed by atoms with Crippen LogP contribution in [0.2, 0.25) is 0 Å². The van der Waals surface area contributed by atoms with Crippen molar-refractivity contribution in [1.29, 1.82) is 5.26 Å². The number of aryl methyl sites for hydroxylation is 1. The molecule has 0 atom stereocenters. The fourth-order valence-corrected chi connectivity index (χ4v) is 3.83. The molecular formula is C26H26BrN5O3. The Labute approximate surface area is 211 Å². The molecule has 0 aliphatic heterocycles. The number of rotatable bonds is 9. The van der Waals surface area contributed by atoms with Gasteiger partial charge in [-0.05, 0) is 38.5 Å². The van der Waals surface area contributed by atoms with Crippen LogP contribution in [0.5, 0.6) is 0 Å². The molecule has 0 aromatic carbocycles. The van der Waals surface area contributed by atoms with Crippen LogP contribution in [0.25, 0.3) is 16.7 Å². The van der Waals surface area contributed by atoms with E-state index in [2.05, 4.69) is 38.6 Å². The number of amides is 1. The van der Waals surface area contributed by atoms with Crippen LogP contribution < -0.4 is 11.0 Å². The summed E-state index contributed by atoms with van der Waals surface area (Å²) in [5, 5.41) is 10.1. The summed E-state index contributed by atoms with van der Waals surface area (Å²) in [5.41, 5.74) is 0.811. The molecule has 8 nitrogen and oxygen atoms in total. The minimum absolute atomic E-state index is 0.00859. The molecule has 9 heteroatoms. The number of ether oxygens (including phenoxy) is 1. The van der Waals surface area contributed by atoms with E-state index >= 15 is 0 Å². The van der Waals surface area contributed by atoms with Gasteiger partial charge in [-0.15, -0.1) is 0 Å². The number of pyridine rings is 2. The zero-order valence-corrected chi connectivity index (χ0v) is 21.2. The first kappa shape index (κ1) is 26.0. The van der Waals surface area contributed by atoms with Crippen LogP contribution in [0.1, 0.15) is 32.3 Å². The summed E-state index contributed by atoms with van der Waals surface area (Å²) in [5.74, 6) is -0.444. The highest BCUT2D eigenvalue weighted by Crippen LogP contribution is 2.13. The fraction of sp³-hybridized carbons (Fsp3) is 0.269. The highest BCUT2D eigenvalue weighted by molar-refractivity contribution is 9.11. The van der Waals surface area contributed by atoms with E-state index in [1.54, 1.807) is 53.3 Å². The van der Waals surface area contributed by atoms with Gasteiger partial charge in [-0.25, -0.2) is 4.98 Å². The number of hydrogen-bond donors (Lipinski definition) is 0. The smallest absolute Gasteiger partial charge is 0.267 e. The van der Waals surface area contributed by atoms with Crippen molar-refractivity contribution in [2.75, 3.05) is 6.61 Å². The molecule has 3 heterocycles. The van der Waals surface area contributed by atoms with Crippen molar-refractivity contribution in [2.24, 2.45) is 4.99 Å². The molecule has 3 aromatic heterocycles. The SMILES string of the molecule is C=C/C=C/C=C(\Br)CC(=O)N=c1c(C#N)cc2c(=O)n3ccccc3nc2n1CCCOC(C)C. The summed E-state index contributed by atoms with van der Waals surface area (Å²) >= 11 is 3.37. The van der Waals surface area contributed by atoms with Gasteiger partial charge in [0.2, 0.25) is 0 Å². The van der Waals surface area contributed by atoms with Crippen LogP contribution in [0, 0.1) is 11.3 Å². The normalized spacial score (nSPS) is 12.7. The van der Waals surface area contributed by atoms with E-state index in [1.807, 2.05) is 13.8 Å². The van der Waals surface area contributed by atoms with E-state index < -0.39 is 5.91 Å². The Hall–Kier alpha value is -3.61. The topological polar surface area (TPSA) is 102 Å². The molecule has 3 rings (SSSR count). The number of carbonyl (C=O) groups excluding carboxylic acids is 1. The number of halogens is 1. The van der Waals surface area contributed by atoms with Gasteiger partial charge >= 0.3 is 0 Å². The lowest BCUT2D eigenvalue weighted by Gasteiger charge is -2.14. The van der Waals surface area contributed by atoms with Crippen molar-refractivity contribution in [1.82, 2.24) is 14.0 Å². The first-order valence-electron chi connectivity index (χ1n) is 11.1. The third-order valence-corrected chi connectivity index (χ3v) is 5.51. The summed E-state index contributed by atoms with van der Waals surface area (Å²) in [6, 6.07) is 8.80. The van der Waals surface area contributed by atoms with Gasteiger partial charge in [0.1, 0.15) is 17.4 Å². The molecule has 3 aromatic rings. The molecule has 180 valence electrons. The average molecular weight is 536 g/mol. The molecule has 1 amide bonds. The van der Waals surface area contributed by atoms with Gasteiger partial charge in [-0.1, -0.05) is 52.9 Å². The largest absolute Gasteiger partial charge is 0.379 e. The van der Waals surface area contributed by atoms with Crippen molar-refractivity contribution in [2.45, 2.75) is 39.3 Å². The molecule has 0 fully saturated rings. The van der Waals surface area contributed by atoms with Crippen LogP contribution in [0.4, 0.5) is 0 Å². The second-order valence-electron chi connectivity index (χ2n) is 7.92. The number of nitrogens with zero attached hydrogens (tertiary/aromatic N) is 5. The van der Waals surface area contributed by atoms with Gasteiger partial charge in [0, 0.05) is 23.8 Å². The molecule has 0 saturated carbocycles. The van der Waals surface area contributed by atoms with Gasteiger partial charge in [0.05, 0.1) is 23.5 Å². The standard InChI is InChI=1S/C26H26BrN5O3/c1-4-5-6-10-20(27)16-23(33)30-24-19(17-28)15-21-25(32(24)13-9-14-35-18(2)3)29-22-11-7-8-12-31(22)26(21)34/h4-8,10-12,15,18H,1,9,13-14,16H2,2-3H3/b6-5+,20-10-,30-24?. The third kappa shape index (κ3) is 6.50. The molecule has 0 bridgehead atoms. The van der Waals surface area contributed by atoms with E-state index in [1.165, 1.54) is 10.5 Å². The highest BCUT2D eigenvalue weighted by Gasteiger charge is 2.15. The summed E-state index contributed by atoms with van der Waals surface area (Å²) in [6.07, 6.45) is 9.13. The Morgan fingerprint density at radius 3 is 2.89 bits per heavy atom. The maximum Gasteiger partial charge on any atom is 0.267 e. The minimum Gasteiger partial charge on any atom is -0.379 e. The summed E-state index contributed by atoms with van der Waals surface area (Å²) < 4.78 is 9.38. The lowest BCUT2D eigenvalue weighted by Crippen LogP contribution is -2.30.